The van der Waals surface area contributed by atoms with Gasteiger partial charge in [-0.2, -0.15) is 0 Å². The van der Waals surface area contributed by atoms with Crippen LogP contribution in [0.15, 0.2) is 24.3 Å². The number of nitrogens with zero attached hydrogens (tertiary/aromatic N) is 2. The molecule has 4 fully saturated rings. The van der Waals surface area contributed by atoms with Gasteiger partial charge in [0.05, 0.1) is 26.4 Å². The van der Waals surface area contributed by atoms with Crippen LogP contribution in [0.25, 0.3) is 0 Å². The zero-order valence-corrected chi connectivity index (χ0v) is 14.8. The van der Waals surface area contributed by atoms with Crippen molar-refractivity contribution in [2.75, 3.05) is 52.6 Å². The summed E-state index contributed by atoms with van der Waals surface area (Å²) in [4.78, 5) is 29.3. The van der Waals surface area contributed by atoms with Gasteiger partial charge < -0.3 is 19.3 Å². The minimum absolute atomic E-state index is 0.0613. The van der Waals surface area contributed by atoms with Gasteiger partial charge in [-0.25, -0.2) is 0 Å². The van der Waals surface area contributed by atoms with Gasteiger partial charge in [0.15, 0.2) is 0 Å². The number of hydrogen-bond acceptors (Lipinski definition) is 4. The number of hydrogen-bond donors (Lipinski definition) is 0. The van der Waals surface area contributed by atoms with Crippen molar-refractivity contribution in [1.29, 1.82) is 0 Å². The van der Waals surface area contributed by atoms with Gasteiger partial charge in [-0.05, 0) is 24.3 Å². The molecular weight excluding hydrogens is 332 g/mol. The van der Waals surface area contributed by atoms with Crippen molar-refractivity contribution in [1.82, 2.24) is 9.80 Å². The molecular formula is C20H24N2O4. The highest BCUT2D eigenvalue weighted by atomic mass is 16.5. The summed E-state index contributed by atoms with van der Waals surface area (Å²) in [5, 5.41) is 0. The Morgan fingerprint density at radius 2 is 0.962 bits per heavy atom. The van der Waals surface area contributed by atoms with Crippen molar-refractivity contribution in [2.24, 2.45) is 23.7 Å². The van der Waals surface area contributed by atoms with Gasteiger partial charge in [-0.15, -0.1) is 0 Å². The van der Waals surface area contributed by atoms with Gasteiger partial charge in [0.1, 0.15) is 0 Å². The van der Waals surface area contributed by atoms with E-state index in [0.29, 0.717) is 34.8 Å². The summed E-state index contributed by atoms with van der Waals surface area (Å²) < 4.78 is 11.0. The topological polar surface area (TPSA) is 59.1 Å². The minimum atomic E-state index is 0.0613. The van der Waals surface area contributed by atoms with Crippen molar-refractivity contribution < 1.29 is 19.1 Å². The molecule has 0 spiro atoms. The normalized spacial score (nSPS) is 32.8. The fourth-order valence-electron chi connectivity index (χ4n) is 4.83. The summed E-state index contributed by atoms with van der Waals surface area (Å²) in [7, 11) is 0. The number of rotatable bonds is 2. The van der Waals surface area contributed by atoms with Gasteiger partial charge in [-0.1, -0.05) is 0 Å². The average Bonchev–Trinajstić information content (AvgIpc) is 3.39. The number of ether oxygens (including phenoxy) is 2. The zero-order chi connectivity index (χ0) is 17.7. The quantitative estimate of drug-likeness (QED) is 0.797. The largest absolute Gasteiger partial charge is 0.381 e. The summed E-state index contributed by atoms with van der Waals surface area (Å²) in [6, 6.07) is 7.17. The maximum Gasteiger partial charge on any atom is 0.253 e. The minimum Gasteiger partial charge on any atom is -0.381 e. The van der Waals surface area contributed by atoms with Crippen LogP contribution in [-0.4, -0.2) is 74.2 Å². The molecule has 1 aromatic carbocycles. The monoisotopic (exact) mass is 356 g/mol. The van der Waals surface area contributed by atoms with Gasteiger partial charge in [0.25, 0.3) is 11.8 Å². The van der Waals surface area contributed by atoms with Crippen LogP contribution in [0, 0.1) is 23.7 Å². The van der Waals surface area contributed by atoms with E-state index in [2.05, 4.69) is 0 Å². The molecule has 4 aliphatic rings. The molecule has 2 amide bonds. The Bertz CT molecular complexity index is 634. The predicted octanol–water partition coefficient (Wildman–Crippen LogP) is 1.12. The summed E-state index contributed by atoms with van der Waals surface area (Å²) in [5.74, 6) is 2.06. The van der Waals surface area contributed by atoms with Crippen LogP contribution in [-0.2, 0) is 9.47 Å². The standard InChI is InChI=1S/C20H24N2O4/c23-19(21-5-15-9-25-10-16(15)6-21)13-1-2-14(4-3-13)20(24)22-7-17-11-26-12-18(17)8-22/h1-4,15-18H,5-12H2. The molecule has 0 bridgehead atoms. The fraction of sp³-hybridized carbons (Fsp3) is 0.600. The molecule has 6 nitrogen and oxygen atoms in total. The molecule has 0 N–H and O–H groups in total. The first kappa shape index (κ1) is 16.3. The third-order valence-corrected chi connectivity index (χ3v) is 6.43. The fourth-order valence-corrected chi connectivity index (χ4v) is 4.83. The molecule has 4 atom stereocenters. The first-order valence-corrected chi connectivity index (χ1v) is 9.53. The van der Waals surface area contributed by atoms with E-state index in [1.165, 1.54) is 0 Å². The molecule has 4 heterocycles. The van der Waals surface area contributed by atoms with E-state index < -0.39 is 0 Å². The van der Waals surface area contributed by atoms with E-state index in [-0.39, 0.29) is 11.8 Å². The maximum absolute atomic E-state index is 12.7. The lowest BCUT2D eigenvalue weighted by atomic mass is 10.0. The molecule has 4 unspecified atom stereocenters. The van der Waals surface area contributed by atoms with Crippen LogP contribution in [0.1, 0.15) is 20.7 Å². The third kappa shape index (κ3) is 2.72. The van der Waals surface area contributed by atoms with E-state index in [1.807, 2.05) is 9.80 Å². The Balaban J connectivity index is 1.24. The van der Waals surface area contributed by atoms with Crippen molar-refractivity contribution in [3.63, 3.8) is 0 Å². The van der Waals surface area contributed by atoms with Crippen LogP contribution in [0.4, 0.5) is 0 Å². The Hall–Kier alpha value is -1.92. The lowest BCUT2D eigenvalue weighted by Crippen LogP contribution is -2.31. The van der Waals surface area contributed by atoms with E-state index in [9.17, 15) is 9.59 Å². The smallest absolute Gasteiger partial charge is 0.253 e. The molecule has 4 saturated heterocycles. The molecule has 0 aliphatic carbocycles. The van der Waals surface area contributed by atoms with E-state index >= 15 is 0 Å². The molecule has 4 aliphatic heterocycles. The number of likely N-dealkylation sites (tertiary alicyclic amines) is 2. The first-order valence-electron chi connectivity index (χ1n) is 9.53. The van der Waals surface area contributed by atoms with Gasteiger partial charge in [-0.3, -0.25) is 9.59 Å². The number of carbonyl (C=O) groups is 2. The summed E-state index contributed by atoms with van der Waals surface area (Å²) in [5.41, 5.74) is 1.32. The highest BCUT2D eigenvalue weighted by molar-refractivity contribution is 5.98. The van der Waals surface area contributed by atoms with Gasteiger partial charge in [0, 0.05) is 61.0 Å². The van der Waals surface area contributed by atoms with Gasteiger partial charge >= 0.3 is 0 Å². The van der Waals surface area contributed by atoms with Crippen LogP contribution < -0.4 is 0 Å². The van der Waals surface area contributed by atoms with Crippen LogP contribution >= 0.6 is 0 Å². The van der Waals surface area contributed by atoms with Crippen LogP contribution in [0.5, 0.6) is 0 Å². The maximum atomic E-state index is 12.7. The number of carbonyl (C=O) groups excluding carboxylic acids is 2. The predicted molar refractivity (Wildman–Crippen MR) is 93.8 cm³/mol. The zero-order valence-electron chi connectivity index (χ0n) is 14.8. The second kappa shape index (κ2) is 6.35. The van der Waals surface area contributed by atoms with E-state index in [1.54, 1.807) is 24.3 Å². The highest BCUT2D eigenvalue weighted by Crippen LogP contribution is 2.31. The molecule has 0 saturated carbocycles. The average molecular weight is 356 g/mol. The number of amides is 2. The second-order valence-electron chi connectivity index (χ2n) is 8.11. The Labute approximate surface area is 153 Å². The summed E-state index contributed by atoms with van der Waals surface area (Å²) >= 11 is 0. The van der Waals surface area contributed by atoms with Crippen molar-refractivity contribution in [2.45, 2.75) is 0 Å². The van der Waals surface area contributed by atoms with Crippen LogP contribution in [0.3, 0.4) is 0 Å². The Morgan fingerprint density at radius 1 is 0.654 bits per heavy atom. The summed E-state index contributed by atoms with van der Waals surface area (Å²) in [6.45, 7) is 6.20. The van der Waals surface area contributed by atoms with Gasteiger partial charge in [0.2, 0.25) is 0 Å². The molecule has 6 heteroatoms. The number of fused-ring (bicyclic) bond motifs is 2. The SMILES string of the molecule is O=C(c1ccc(C(=O)N2CC3COCC3C2)cc1)N1CC2COCC2C1. The lowest BCUT2D eigenvalue weighted by molar-refractivity contribution is 0.0739. The lowest BCUT2D eigenvalue weighted by Gasteiger charge is -2.19. The highest BCUT2D eigenvalue weighted by Gasteiger charge is 2.40. The molecule has 0 aromatic heterocycles. The van der Waals surface area contributed by atoms with Crippen LogP contribution in [0.2, 0.25) is 0 Å². The summed E-state index contributed by atoms with van der Waals surface area (Å²) in [6.07, 6.45) is 0. The van der Waals surface area contributed by atoms with E-state index in [0.717, 1.165) is 52.6 Å². The number of benzene rings is 1. The Morgan fingerprint density at radius 3 is 1.27 bits per heavy atom. The van der Waals surface area contributed by atoms with Crippen molar-refractivity contribution >= 4 is 11.8 Å². The molecule has 0 radical (unpaired) electrons. The third-order valence-electron chi connectivity index (χ3n) is 6.43. The van der Waals surface area contributed by atoms with E-state index in [4.69, 9.17) is 9.47 Å². The second-order valence-corrected chi connectivity index (χ2v) is 8.11. The molecule has 5 rings (SSSR count). The van der Waals surface area contributed by atoms with Crippen molar-refractivity contribution in [3.8, 4) is 0 Å². The molecule has 26 heavy (non-hydrogen) atoms. The Kier molecular flexibility index (Phi) is 3.98. The molecule has 138 valence electrons. The van der Waals surface area contributed by atoms with Crippen molar-refractivity contribution in [3.05, 3.63) is 35.4 Å². The molecule has 1 aromatic rings. The first-order chi connectivity index (χ1) is 12.7.